The smallest absolute Gasteiger partial charge is 0.329 e. The number of rotatable bonds is 4. The van der Waals surface area contributed by atoms with Crippen LogP contribution in [0.1, 0.15) is 48.3 Å². The zero-order chi connectivity index (χ0) is 15.3. The Morgan fingerprint density at radius 2 is 1.90 bits per heavy atom. The van der Waals surface area contributed by atoms with Crippen LogP contribution in [0.4, 0.5) is 4.79 Å². The van der Waals surface area contributed by atoms with Crippen molar-refractivity contribution < 1.29 is 14.7 Å². The van der Waals surface area contributed by atoms with Crippen molar-refractivity contribution in [2.45, 2.75) is 57.5 Å². The van der Waals surface area contributed by atoms with Crippen molar-refractivity contribution in [2.24, 2.45) is 0 Å². The van der Waals surface area contributed by atoms with Crippen LogP contribution in [0.2, 0.25) is 0 Å². The van der Waals surface area contributed by atoms with Gasteiger partial charge in [0.15, 0.2) is 0 Å². The highest BCUT2D eigenvalue weighted by atomic mass is 32.1. The minimum Gasteiger partial charge on any atom is -0.480 e. The van der Waals surface area contributed by atoms with Crippen LogP contribution >= 0.6 is 11.3 Å². The Morgan fingerprint density at radius 1 is 1.24 bits per heavy atom. The zero-order valence-electron chi connectivity index (χ0n) is 12.3. The third-order valence-corrected chi connectivity index (χ3v) is 4.94. The second-order valence-corrected chi connectivity index (χ2v) is 6.99. The van der Waals surface area contributed by atoms with Gasteiger partial charge in [0, 0.05) is 9.75 Å². The van der Waals surface area contributed by atoms with Gasteiger partial charge in [0.05, 0.1) is 6.54 Å². The van der Waals surface area contributed by atoms with Crippen molar-refractivity contribution in [3.8, 4) is 0 Å². The summed E-state index contributed by atoms with van der Waals surface area (Å²) >= 11 is 1.63. The molecule has 1 saturated carbocycles. The standard InChI is InChI=1S/C15H22N2O3S/c1-11-6-7-12(21-11)10-16-14(20)17-15(13(18)19)8-4-2-3-5-9-15/h6-7H,2-5,8-10H2,1H3,(H,18,19)(H2,16,17,20). The largest absolute Gasteiger partial charge is 0.480 e. The molecule has 0 aromatic carbocycles. The van der Waals surface area contributed by atoms with Crippen LogP contribution in [0.15, 0.2) is 12.1 Å². The molecule has 0 aliphatic heterocycles. The monoisotopic (exact) mass is 310 g/mol. The van der Waals surface area contributed by atoms with E-state index in [1.54, 1.807) is 11.3 Å². The summed E-state index contributed by atoms with van der Waals surface area (Å²) in [6, 6.07) is 3.58. The van der Waals surface area contributed by atoms with Gasteiger partial charge in [0.2, 0.25) is 0 Å². The van der Waals surface area contributed by atoms with E-state index in [4.69, 9.17) is 0 Å². The maximum absolute atomic E-state index is 12.0. The van der Waals surface area contributed by atoms with Gasteiger partial charge in [-0.1, -0.05) is 25.7 Å². The van der Waals surface area contributed by atoms with Crippen molar-refractivity contribution in [3.63, 3.8) is 0 Å². The quantitative estimate of drug-likeness (QED) is 0.748. The molecule has 0 saturated heterocycles. The van der Waals surface area contributed by atoms with E-state index in [9.17, 15) is 14.7 Å². The molecule has 2 amide bonds. The van der Waals surface area contributed by atoms with Crippen LogP contribution in [0.3, 0.4) is 0 Å². The summed E-state index contributed by atoms with van der Waals surface area (Å²) in [6.45, 7) is 2.44. The first kappa shape index (κ1) is 15.8. The summed E-state index contributed by atoms with van der Waals surface area (Å²) in [5, 5.41) is 15.0. The molecule has 0 unspecified atom stereocenters. The molecule has 1 fully saturated rings. The molecule has 3 N–H and O–H groups in total. The van der Waals surface area contributed by atoms with E-state index in [1.807, 2.05) is 19.1 Å². The van der Waals surface area contributed by atoms with E-state index >= 15 is 0 Å². The van der Waals surface area contributed by atoms with Gasteiger partial charge in [-0.2, -0.15) is 0 Å². The molecule has 1 aromatic heterocycles. The van der Waals surface area contributed by atoms with Gasteiger partial charge in [-0.05, 0) is 31.9 Å². The molecule has 1 aliphatic rings. The number of carboxylic acids is 1. The summed E-state index contributed by atoms with van der Waals surface area (Å²) in [5.74, 6) is -0.925. The van der Waals surface area contributed by atoms with E-state index in [2.05, 4.69) is 10.6 Å². The number of amides is 2. The number of aryl methyl sites for hydroxylation is 1. The van der Waals surface area contributed by atoms with Crippen LogP contribution in [0, 0.1) is 6.92 Å². The lowest BCUT2D eigenvalue weighted by Crippen LogP contribution is -2.56. The van der Waals surface area contributed by atoms with Crippen LogP contribution in [0.5, 0.6) is 0 Å². The zero-order valence-corrected chi connectivity index (χ0v) is 13.1. The fourth-order valence-electron chi connectivity index (χ4n) is 2.73. The number of carbonyl (C=O) groups is 2. The van der Waals surface area contributed by atoms with Crippen LogP contribution in [-0.2, 0) is 11.3 Å². The Bertz CT molecular complexity index is 505. The second kappa shape index (κ2) is 6.93. The van der Waals surface area contributed by atoms with Gasteiger partial charge in [-0.3, -0.25) is 0 Å². The third kappa shape index (κ3) is 4.20. The van der Waals surface area contributed by atoms with Crippen molar-refractivity contribution in [1.82, 2.24) is 10.6 Å². The number of aliphatic carboxylic acids is 1. The van der Waals surface area contributed by atoms with Gasteiger partial charge in [-0.25, -0.2) is 9.59 Å². The van der Waals surface area contributed by atoms with E-state index in [-0.39, 0.29) is 0 Å². The number of carboxylic acid groups (broad SMARTS) is 1. The Balaban J connectivity index is 1.93. The van der Waals surface area contributed by atoms with E-state index in [0.717, 1.165) is 30.6 Å². The SMILES string of the molecule is Cc1ccc(CNC(=O)NC2(C(=O)O)CCCCCC2)s1. The molecular formula is C15H22N2O3S. The second-order valence-electron chi connectivity index (χ2n) is 5.62. The Morgan fingerprint density at radius 3 is 2.43 bits per heavy atom. The first-order valence-electron chi connectivity index (χ1n) is 7.37. The van der Waals surface area contributed by atoms with Crippen molar-refractivity contribution in [1.29, 1.82) is 0 Å². The Hall–Kier alpha value is -1.56. The first-order valence-corrected chi connectivity index (χ1v) is 8.18. The average molecular weight is 310 g/mol. The number of hydrogen-bond acceptors (Lipinski definition) is 3. The van der Waals surface area contributed by atoms with Crippen molar-refractivity contribution in [2.75, 3.05) is 0 Å². The molecule has 1 heterocycles. The van der Waals surface area contributed by atoms with Crippen LogP contribution in [0.25, 0.3) is 0 Å². The molecule has 21 heavy (non-hydrogen) atoms. The Labute approximate surface area is 128 Å². The lowest BCUT2D eigenvalue weighted by Gasteiger charge is -2.29. The molecule has 116 valence electrons. The van der Waals surface area contributed by atoms with E-state index in [0.29, 0.717) is 19.4 Å². The van der Waals surface area contributed by atoms with Gasteiger partial charge in [0.1, 0.15) is 5.54 Å². The number of carbonyl (C=O) groups excluding carboxylic acids is 1. The van der Waals surface area contributed by atoms with E-state index < -0.39 is 17.5 Å². The fraction of sp³-hybridized carbons (Fsp3) is 0.600. The number of hydrogen-bond donors (Lipinski definition) is 3. The molecule has 5 nitrogen and oxygen atoms in total. The van der Waals surface area contributed by atoms with Crippen molar-refractivity contribution >= 4 is 23.3 Å². The van der Waals surface area contributed by atoms with Crippen LogP contribution in [-0.4, -0.2) is 22.6 Å². The van der Waals surface area contributed by atoms with Crippen LogP contribution < -0.4 is 10.6 Å². The number of nitrogens with one attached hydrogen (secondary N) is 2. The van der Waals surface area contributed by atoms with E-state index in [1.165, 1.54) is 4.88 Å². The summed E-state index contributed by atoms with van der Waals surface area (Å²) in [5.41, 5.74) is -1.11. The highest BCUT2D eigenvalue weighted by molar-refractivity contribution is 7.11. The molecule has 6 heteroatoms. The summed E-state index contributed by atoms with van der Waals surface area (Å²) in [4.78, 5) is 25.9. The summed E-state index contributed by atoms with van der Waals surface area (Å²) < 4.78 is 0. The minimum absolute atomic E-state index is 0.398. The van der Waals surface area contributed by atoms with Gasteiger partial charge in [-0.15, -0.1) is 11.3 Å². The van der Waals surface area contributed by atoms with Crippen molar-refractivity contribution in [3.05, 3.63) is 21.9 Å². The lowest BCUT2D eigenvalue weighted by molar-refractivity contribution is -0.145. The van der Waals surface area contributed by atoms with Gasteiger partial charge >= 0.3 is 12.0 Å². The molecular weight excluding hydrogens is 288 g/mol. The van der Waals surface area contributed by atoms with Gasteiger partial charge < -0.3 is 15.7 Å². The fourth-order valence-corrected chi connectivity index (χ4v) is 3.56. The number of thiophene rings is 1. The minimum atomic E-state index is -1.11. The highest BCUT2D eigenvalue weighted by Crippen LogP contribution is 2.27. The first-order chi connectivity index (χ1) is 10.0. The third-order valence-electron chi connectivity index (χ3n) is 3.94. The molecule has 0 radical (unpaired) electrons. The predicted octanol–water partition coefficient (Wildman–Crippen LogP) is 3.03. The molecule has 0 atom stereocenters. The Kier molecular flexibility index (Phi) is 5.22. The topological polar surface area (TPSA) is 78.4 Å². The summed E-state index contributed by atoms with van der Waals surface area (Å²) in [7, 11) is 0. The normalized spacial score (nSPS) is 17.8. The number of urea groups is 1. The highest BCUT2D eigenvalue weighted by Gasteiger charge is 2.40. The molecule has 0 spiro atoms. The molecule has 0 bridgehead atoms. The summed E-state index contributed by atoms with van der Waals surface area (Å²) in [6.07, 6.45) is 4.77. The van der Waals surface area contributed by atoms with Gasteiger partial charge in [0.25, 0.3) is 0 Å². The molecule has 2 rings (SSSR count). The molecule has 1 aliphatic carbocycles. The average Bonchev–Trinajstić information content (AvgIpc) is 2.71. The maximum atomic E-state index is 12.0. The molecule has 1 aromatic rings. The predicted molar refractivity (Wildman–Crippen MR) is 82.5 cm³/mol. The lowest BCUT2D eigenvalue weighted by atomic mass is 9.90. The maximum Gasteiger partial charge on any atom is 0.329 e.